The molecule has 0 radical (unpaired) electrons. The predicted molar refractivity (Wildman–Crippen MR) is 86.2 cm³/mol. The van der Waals surface area contributed by atoms with E-state index in [0.29, 0.717) is 18.7 Å². The number of unbranched alkanes of at least 4 members (excludes halogenated alkanes) is 2. The molecule has 2 aromatic rings. The van der Waals surface area contributed by atoms with Gasteiger partial charge in [-0.15, -0.1) is 0 Å². The largest absolute Gasteiger partial charge is 0.481 e. The van der Waals surface area contributed by atoms with Gasteiger partial charge in [0.1, 0.15) is 5.69 Å². The Morgan fingerprint density at radius 2 is 1.91 bits per heavy atom. The van der Waals surface area contributed by atoms with Gasteiger partial charge in [-0.25, -0.2) is 0 Å². The zero-order valence-electron chi connectivity index (χ0n) is 13.0. The highest BCUT2D eigenvalue weighted by Crippen LogP contribution is 2.21. The number of fused-ring (bicyclic) bond motifs is 1. The van der Waals surface area contributed by atoms with Crippen molar-refractivity contribution >= 4 is 22.8 Å². The number of carboxylic acids is 1. The second-order valence-electron chi connectivity index (χ2n) is 5.69. The average molecular weight is 302 g/mol. The quantitative estimate of drug-likeness (QED) is 0.687. The smallest absolute Gasteiger partial charge is 0.303 e. The normalized spacial score (nSPS) is 10.8. The Bertz CT molecular complexity index is 689. The fourth-order valence-corrected chi connectivity index (χ4v) is 2.60. The number of hydrogen-bond donors (Lipinski definition) is 3. The molecule has 0 aliphatic heterocycles. The van der Waals surface area contributed by atoms with E-state index in [1.54, 1.807) is 0 Å². The zero-order valence-corrected chi connectivity index (χ0v) is 13.0. The van der Waals surface area contributed by atoms with Crippen LogP contribution in [0.4, 0.5) is 0 Å². The lowest BCUT2D eigenvalue weighted by molar-refractivity contribution is -0.137. The van der Waals surface area contributed by atoms with Gasteiger partial charge in [0.15, 0.2) is 0 Å². The monoisotopic (exact) mass is 302 g/mol. The fourth-order valence-electron chi connectivity index (χ4n) is 2.60. The van der Waals surface area contributed by atoms with Crippen molar-refractivity contribution in [3.63, 3.8) is 0 Å². The van der Waals surface area contributed by atoms with E-state index in [0.717, 1.165) is 34.9 Å². The number of hydrogen-bond acceptors (Lipinski definition) is 2. The molecule has 0 aliphatic rings. The van der Waals surface area contributed by atoms with Crippen LogP contribution in [0.15, 0.2) is 18.2 Å². The highest BCUT2D eigenvalue weighted by atomic mass is 16.4. The van der Waals surface area contributed by atoms with Crippen LogP contribution in [0.3, 0.4) is 0 Å². The summed E-state index contributed by atoms with van der Waals surface area (Å²) in [5.74, 6) is -0.890. The molecule has 0 saturated carbocycles. The number of amides is 1. The minimum absolute atomic E-state index is 0.119. The number of nitrogens with one attached hydrogen (secondary N) is 2. The van der Waals surface area contributed by atoms with Gasteiger partial charge in [-0.05, 0) is 49.9 Å². The summed E-state index contributed by atoms with van der Waals surface area (Å²) in [5.41, 5.74) is 3.86. The molecule has 0 unspecified atom stereocenters. The third-order valence-electron chi connectivity index (χ3n) is 3.69. The standard InChI is InChI=1S/C17H22N2O3/c1-11-8-12(2)13-10-15(19-14(13)9-11)17(22)18-7-5-3-4-6-16(20)21/h8-10,19H,3-7H2,1-2H3,(H,18,22)(H,20,21). The number of rotatable bonds is 7. The van der Waals surface area contributed by atoms with Gasteiger partial charge in [-0.3, -0.25) is 9.59 Å². The summed E-state index contributed by atoms with van der Waals surface area (Å²) in [7, 11) is 0. The molecule has 0 saturated heterocycles. The van der Waals surface area contributed by atoms with Crippen LogP contribution in [0.25, 0.3) is 10.9 Å². The Labute approximate surface area is 129 Å². The molecule has 0 atom stereocenters. The summed E-state index contributed by atoms with van der Waals surface area (Å²) in [6.07, 6.45) is 2.43. The van der Waals surface area contributed by atoms with Gasteiger partial charge in [-0.2, -0.15) is 0 Å². The molecule has 22 heavy (non-hydrogen) atoms. The van der Waals surface area contributed by atoms with Crippen LogP contribution in [0.2, 0.25) is 0 Å². The van der Waals surface area contributed by atoms with Crippen LogP contribution in [0, 0.1) is 13.8 Å². The van der Waals surface area contributed by atoms with Gasteiger partial charge in [0.2, 0.25) is 0 Å². The van der Waals surface area contributed by atoms with Crippen molar-refractivity contribution in [3.8, 4) is 0 Å². The lowest BCUT2D eigenvalue weighted by Crippen LogP contribution is -2.24. The molecule has 5 heteroatoms. The maximum Gasteiger partial charge on any atom is 0.303 e. The molecule has 0 spiro atoms. The maximum atomic E-state index is 12.1. The molecule has 0 aliphatic carbocycles. The summed E-state index contributed by atoms with van der Waals surface area (Å²) in [5, 5.41) is 12.5. The van der Waals surface area contributed by atoms with Crippen molar-refractivity contribution in [3.05, 3.63) is 35.0 Å². The van der Waals surface area contributed by atoms with Crippen molar-refractivity contribution in [1.29, 1.82) is 0 Å². The van der Waals surface area contributed by atoms with E-state index in [-0.39, 0.29) is 12.3 Å². The first-order valence-corrected chi connectivity index (χ1v) is 7.57. The van der Waals surface area contributed by atoms with Crippen molar-refractivity contribution in [1.82, 2.24) is 10.3 Å². The molecule has 3 N–H and O–H groups in total. The van der Waals surface area contributed by atoms with Crippen LogP contribution in [-0.4, -0.2) is 28.5 Å². The minimum atomic E-state index is -0.771. The third kappa shape index (κ3) is 4.10. The molecule has 0 fully saturated rings. The Morgan fingerprint density at radius 3 is 2.64 bits per heavy atom. The van der Waals surface area contributed by atoms with E-state index in [1.807, 2.05) is 26.0 Å². The van der Waals surface area contributed by atoms with Gasteiger partial charge in [0.25, 0.3) is 5.91 Å². The van der Waals surface area contributed by atoms with E-state index in [4.69, 9.17) is 5.11 Å². The lowest BCUT2D eigenvalue weighted by Gasteiger charge is -2.03. The molecule has 1 amide bonds. The Balaban J connectivity index is 1.88. The van der Waals surface area contributed by atoms with E-state index >= 15 is 0 Å². The van der Waals surface area contributed by atoms with Gasteiger partial charge < -0.3 is 15.4 Å². The highest BCUT2D eigenvalue weighted by Gasteiger charge is 2.10. The molecule has 1 aromatic carbocycles. The number of aromatic amines is 1. The first-order valence-electron chi connectivity index (χ1n) is 7.57. The first-order chi connectivity index (χ1) is 10.5. The van der Waals surface area contributed by atoms with Gasteiger partial charge >= 0.3 is 5.97 Å². The molecule has 1 heterocycles. The number of benzene rings is 1. The van der Waals surface area contributed by atoms with Gasteiger partial charge in [0, 0.05) is 23.9 Å². The second-order valence-corrected chi connectivity index (χ2v) is 5.69. The van der Waals surface area contributed by atoms with Crippen LogP contribution < -0.4 is 5.32 Å². The first kappa shape index (κ1) is 16.1. The van der Waals surface area contributed by atoms with Crippen molar-refractivity contribution in [2.45, 2.75) is 39.5 Å². The molecule has 118 valence electrons. The number of aryl methyl sites for hydroxylation is 2. The maximum absolute atomic E-state index is 12.1. The fraction of sp³-hybridized carbons (Fsp3) is 0.412. The van der Waals surface area contributed by atoms with E-state index in [1.165, 1.54) is 0 Å². The van der Waals surface area contributed by atoms with Crippen LogP contribution in [-0.2, 0) is 4.79 Å². The average Bonchev–Trinajstić information content (AvgIpc) is 2.86. The van der Waals surface area contributed by atoms with Crippen LogP contribution in [0.5, 0.6) is 0 Å². The summed E-state index contributed by atoms with van der Waals surface area (Å²) >= 11 is 0. The number of aromatic nitrogens is 1. The third-order valence-corrected chi connectivity index (χ3v) is 3.69. The zero-order chi connectivity index (χ0) is 16.1. The van der Waals surface area contributed by atoms with E-state index in [9.17, 15) is 9.59 Å². The molecular weight excluding hydrogens is 280 g/mol. The van der Waals surface area contributed by atoms with E-state index < -0.39 is 5.97 Å². The van der Waals surface area contributed by atoms with Crippen molar-refractivity contribution < 1.29 is 14.7 Å². The summed E-state index contributed by atoms with van der Waals surface area (Å²) in [6.45, 7) is 4.63. The van der Waals surface area contributed by atoms with E-state index in [2.05, 4.69) is 16.4 Å². The summed E-state index contributed by atoms with van der Waals surface area (Å²) < 4.78 is 0. The predicted octanol–water partition coefficient (Wildman–Crippen LogP) is 3.16. The second kappa shape index (κ2) is 7.11. The molecular formula is C17H22N2O3. The number of aliphatic carboxylic acids is 1. The number of carbonyl (C=O) groups excluding carboxylic acids is 1. The highest BCUT2D eigenvalue weighted by molar-refractivity contribution is 5.98. The summed E-state index contributed by atoms with van der Waals surface area (Å²) in [4.78, 5) is 25.7. The Morgan fingerprint density at radius 1 is 1.14 bits per heavy atom. The SMILES string of the molecule is Cc1cc(C)c2cc(C(=O)NCCCCCC(=O)O)[nH]c2c1. The Kier molecular flexibility index (Phi) is 5.20. The van der Waals surface area contributed by atoms with Crippen molar-refractivity contribution in [2.24, 2.45) is 0 Å². The Hall–Kier alpha value is -2.30. The molecule has 0 bridgehead atoms. The summed E-state index contributed by atoms with van der Waals surface area (Å²) in [6, 6.07) is 6.01. The van der Waals surface area contributed by atoms with Gasteiger partial charge in [-0.1, -0.05) is 12.5 Å². The molecule has 1 aromatic heterocycles. The van der Waals surface area contributed by atoms with Crippen LogP contribution >= 0.6 is 0 Å². The number of carbonyl (C=O) groups is 2. The molecule has 2 rings (SSSR count). The number of H-pyrrole nitrogens is 1. The minimum Gasteiger partial charge on any atom is -0.481 e. The lowest BCUT2D eigenvalue weighted by atomic mass is 10.1. The topological polar surface area (TPSA) is 82.2 Å². The van der Waals surface area contributed by atoms with Crippen LogP contribution in [0.1, 0.15) is 47.3 Å². The van der Waals surface area contributed by atoms with Gasteiger partial charge in [0.05, 0.1) is 0 Å². The molecule has 5 nitrogen and oxygen atoms in total. The van der Waals surface area contributed by atoms with Crippen molar-refractivity contribution in [2.75, 3.05) is 6.54 Å². The number of carboxylic acid groups (broad SMARTS) is 1.